The van der Waals surface area contributed by atoms with Gasteiger partial charge < -0.3 is 45.2 Å². The molecular formula is C56H77FN12O14Si. The molecule has 4 saturated heterocycles. The van der Waals surface area contributed by atoms with Crippen molar-refractivity contribution >= 4 is 77.9 Å². The summed E-state index contributed by atoms with van der Waals surface area (Å²) < 4.78 is 23.1. The number of ether oxygens (including phenoxy) is 1. The summed E-state index contributed by atoms with van der Waals surface area (Å²) in [4.78, 5) is 144. The summed E-state index contributed by atoms with van der Waals surface area (Å²) in [6, 6.07) is 9.99. The molecule has 4 aliphatic rings. The number of amides is 5. The molecule has 28 heteroatoms. The Bertz CT molecular complexity index is 2870. The largest absolute Gasteiger partial charge is 0.494 e. The summed E-state index contributed by atoms with van der Waals surface area (Å²) in [6.45, 7) is 11.1. The molecule has 5 heterocycles. The van der Waals surface area contributed by atoms with Crippen LogP contribution in [-0.2, 0) is 43.3 Å². The molecule has 0 saturated carbocycles. The molecule has 26 nitrogen and oxygen atoms in total. The molecule has 1 aromatic heterocycles. The Kier molecular flexibility index (Phi) is 23.1. The second kappa shape index (κ2) is 29.7. The standard InChI is InChI=1S/C56H77FN12O14Si/c1-55(2,3)84(57,56(4,5)6)40-13-10-37(11-14-40)51(76)60-31-43(52(77)59-18-8-28-81-39-12-15-42-41(29-39)50(63-36-62-42)53(78)61-32-46(71)69-19-7-9-38(69)30-58)64-45(70)17-16-44(54(79)80)68-26-24-66-22-20-65(33-47(72)73)21-23-67(25-27-68)35-49(75)83-82-48(74)34-66/h10-15,29,36,38,43-44H,7-9,16-28,31-35H2,1-6H3,(H,59,77)(H,60,76)(H,61,78)(H,64,70)(H,72,73)(H,79,80)/t38-,43+,44+/m0/s1. The van der Waals surface area contributed by atoms with Crippen molar-refractivity contribution in [1.82, 2.24) is 55.7 Å². The summed E-state index contributed by atoms with van der Waals surface area (Å²) in [7, 11) is -3.67. The van der Waals surface area contributed by atoms with E-state index in [1.807, 2.05) is 41.5 Å². The van der Waals surface area contributed by atoms with Crippen LogP contribution in [0.4, 0.5) is 4.11 Å². The third kappa shape index (κ3) is 17.9. The second-order valence-corrected chi connectivity index (χ2v) is 28.0. The van der Waals surface area contributed by atoms with Gasteiger partial charge in [-0.05, 0) is 71.3 Å². The molecule has 6 N–H and O–H groups in total. The Labute approximate surface area is 487 Å². The lowest BCUT2D eigenvalue weighted by Crippen LogP contribution is -2.57. The molecule has 0 radical (unpaired) electrons. The van der Waals surface area contributed by atoms with Gasteiger partial charge >= 0.3 is 23.9 Å². The van der Waals surface area contributed by atoms with Crippen LogP contribution in [0.1, 0.15) is 94.5 Å². The van der Waals surface area contributed by atoms with Gasteiger partial charge in [-0.2, -0.15) is 5.26 Å². The monoisotopic (exact) mass is 1190 g/mol. The highest BCUT2D eigenvalue weighted by molar-refractivity contribution is 6.90. The fourth-order valence-corrected chi connectivity index (χ4v) is 15.4. The Balaban J connectivity index is 1.12. The summed E-state index contributed by atoms with van der Waals surface area (Å²) in [5.41, 5.74) is 0.601. The van der Waals surface area contributed by atoms with Gasteiger partial charge in [-0.1, -0.05) is 53.7 Å². The molecule has 84 heavy (non-hydrogen) atoms. The maximum absolute atomic E-state index is 17.1. The number of carbonyl (C=O) groups is 9. The number of benzene rings is 2. The van der Waals surface area contributed by atoms with Crippen molar-refractivity contribution in [2.24, 2.45) is 0 Å². The van der Waals surface area contributed by atoms with Gasteiger partial charge in [0.1, 0.15) is 49.0 Å². The van der Waals surface area contributed by atoms with E-state index < -0.39 is 97.1 Å². The molecule has 2 bridgehead atoms. The van der Waals surface area contributed by atoms with E-state index in [1.54, 1.807) is 49.9 Å². The zero-order valence-electron chi connectivity index (χ0n) is 48.4. The van der Waals surface area contributed by atoms with Crippen molar-refractivity contribution in [3.63, 3.8) is 0 Å². The number of hydrogen-bond donors (Lipinski definition) is 6. The van der Waals surface area contributed by atoms with Crippen molar-refractivity contribution in [3.8, 4) is 11.8 Å². The van der Waals surface area contributed by atoms with Gasteiger partial charge in [0, 0.05) is 89.4 Å². The summed E-state index contributed by atoms with van der Waals surface area (Å²) in [5.74, 6) is -6.82. The zero-order chi connectivity index (χ0) is 61.4. The van der Waals surface area contributed by atoms with Gasteiger partial charge in [-0.25, -0.2) is 29.3 Å². The maximum atomic E-state index is 17.1. The Morgan fingerprint density at radius 3 is 2.05 bits per heavy atom. The first-order valence-corrected chi connectivity index (χ1v) is 29.9. The molecule has 0 aliphatic carbocycles. The van der Waals surface area contributed by atoms with Crippen LogP contribution >= 0.6 is 0 Å². The Morgan fingerprint density at radius 2 is 1.45 bits per heavy atom. The van der Waals surface area contributed by atoms with E-state index in [9.17, 15) is 58.6 Å². The number of carboxylic acids is 2. The lowest BCUT2D eigenvalue weighted by atomic mass is 10.1. The van der Waals surface area contributed by atoms with E-state index in [0.717, 1.165) is 0 Å². The van der Waals surface area contributed by atoms with Crippen molar-refractivity contribution in [1.29, 1.82) is 5.26 Å². The number of aromatic nitrogens is 2. The number of rotatable bonds is 21. The number of carboxylic acid groups (broad SMARTS) is 2. The molecule has 0 spiro atoms. The molecule has 2 aromatic carbocycles. The third-order valence-corrected chi connectivity index (χ3v) is 20.4. The zero-order valence-corrected chi connectivity index (χ0v) is 49.4. The van der Waals surface area contributed by atoms with Gasteiger partial charge in [0.15, 0.2) is 0 Å². The first kappa shape index (κ1) is 65.4. The van der Waals surface area contributed by atoms with Gasteiger partial charge in [-0.15, -0.1) is 0 Å². The van der Waals surface area contributed by atoms with Gasteiger partial charge in [0.25, 0.3) is 20.2 Å². The molecule has 5 amide bonds. The van der Waals surface area contributed by atoms with Crippen LogP contribution < -0.4 is 31.2 Å². The predicted molar refractivity (Wildman–Crippen MR) is 303 cm³/mol. The number of nitrogens with one attached hydrogen (secondary N) is 4. The number of fused-ring (bicyclic) bond motifs is 14. The van der Waals surface area contributed by atoms with E-state index in [0.29, 0.717) is 41.2 Å². The van der Waals surface area contributed by atoms with Crippen LogP contribution in [-0.4, -0.2) is 229 Å². The minimum atomic E-state index is -3.67. The van der Waals surface area contributed by atoms with E-state index in [2.05, 4.69) is 37.3 Å². The van der Waals surface area contributed by atoms with Crippen molar-refractivity contribution in [3.05, 3.63) is 60.0 Å². The number of nitriles is 1. The summed E-state index contributed by atoms with van der Waals surface area (Å²) >= 11 is 0. The van der Waals surface area contributed by atoms with Crippen LogP contribution in [0.2, 0.25) is 10.1 Å². The summed E-state index contributed by atoms with van der Waals surface area (Å²) in [6.07, 6.45) is 2.07. The minimum absolute atomic E-state index is 0.00416. The smallest absolute Gasteiger partial charge is 0.369 e. The van der Waals surface area contributed by atoms with Crippen molar-refractivity contribution in [2.45, 2.75) is 102 Å². The highest BCUT2D eigenvalue weighted by Crippen LogP contribution is 2.51. The highest BCUT2D eigenvalue weighted by atomic mass is 28.4. The number of hydrogen-bond acceptors (Lipinski definition) is 19. The molecule has 456 valence electrons. The quantitative estimate of drug-likeness (QED) is 0.0374. The molecule has 4 aliphatic heterocycles. The van der Waals surface area contributed by atoms with Crippen molar-refractivity contribution in [2.75, 3.05) is 105 Å². The normalized spacial score (nSPS) is 19.5. The molecular weight excluding hydrogens is 1110 g/mol. The third-order valence-electron chi connectivity index (χ3n) is 15.1. The van der Waals surface area contributed by atoms with Crippen molar-refractivity contribution < 1.29 is 72.0 Å². The van der Waals surface area contributed by atoms with E-state index in [4.69, 9.17) is 14.5 Å². The van der Waals surface area contributed by atoms with Crippen LogP contribution in [0.25, 0.3) is 10.9 Å². The second-order valence-electron chi connectivity index (χ2n) is 23.1. The Morgan fingerprint density at radius 1 is 0.821 bits per heavy atom. The number of carbonyl (C=O) groups excluding carboxylic acids is 7. The average Bonchev–Trinajstić information content (AvgIpc) is 1.30. The van der Waals surface area contributed by atoms with Crippen LogP contribution in [0.3, 0.4) is 0 Å². The fourth-order valence-electron chi connectivity index (χ4n) is 10.8. The first-order valence-electron chi connectivity index (χ1n) is 28.0. The first-order chi connectivity index (χ1) is 39.8. The SMILES string of the molecule is CC(C)(C)[Si](F)(c1ccc(C(=O)NC[C@@H](NC(=O)CC[C@H](C(=O)O)N2CCN3CCN(CC(=O)O)CCN(CC2)CC(=O)OOC(=O)C3)C(=O)NCCCOc2ccc3ncnc(C(=O)NCC(=O)N4CCC[C@H]4C#N)c3c2)cc1)C(C)(C)C. The summed E-state index contributed by atoms with van der Waals surface area (Å²) in [5, 5.41) is 39.8. The van der Waals surface area contributed by atoms with Gasteiger partial charge in [0.05, 0.1) is 31.3 Å². The van der Waals surface area contributed by atoms with Crippen LogP contribution in [0, 0.1) is 11.3 Å². The maximum Gasteiger partial charge on any atom is 0.369 e. The number of aliphatic carboxylic acids is 2. The number of likely N-dealkylation sites (tertiary alicyclic amines) is 1. The fraction of sp³-hybridized carbons (Fsp3) is 0.571. The molecule has 3 aromatic rings. The average molecular weight is 1190 g/mol. The minimum Gasteiger partial charge on any atom is -0.494 e. The Hall–Kier alpha value is -7.71. The highest BCUT2D eigenvalue weighted by Gasteiger charge is 2.56. The van der Waals surface area contributed by atoms with Gasteiger partial charge in [-0.3, -0.25) is 53.2 Å². The van der Waals surface area contributed by atoms with Crippen LogP contribution in [0.15, 0.2) is 48.8 Å². The number of nitrogens with zero attached hydrogens (tertiary/aromatic N) is 8. The molecule has 5 atom stereocenters. The lowest BCUT2D eigenvalue weighted by molar-refractivity contribution is -0.259. The van der Waals surface area contributed by atoms with E-state index >= 15 is 4.11 Å². The molecule has 2 unspecified atom stereocenters. The molecule has 4 fully saturated rings. The predicted octanol–water partition coefficient (Wildman–Crippen LogP) is 0.951. The lowest BCUT2D eigenvalue weighted by Gasteiger charge is -2.44. The molecule has 7 rings (SSSR count). The number of halogens is 1. The van der Waals surface area contributed by atoms with Crippen LogP contribution in [0.5, 0.6) is 5.75 Å². The van der Waals surface area contributed by atoms with E-state index in [1.165, 1.54) is 23.4 Å². The van der Waals surface area contributed by atoms with Gasteiger partial charge in [0.2, 0.25) is 17.7 Å². The van der Waals surface area contributed by atoms with E-state index in [-0.39, 0.29) is 122 Å². The topological polar surface area (TPSA) is 336 Å².